The van der Waals surface area contributed by atoms with Crippen LogP contribution < -0.4 is 5.73 Å². The molecule has 2 heterocycles. The van der Waals surface area contributed by atoms with Gasteiger partial charge in [-0.2, -0.15) is 5.10 Å². The number of hydrogen-bond acceptors (Lipinski definition) is 3. The number of benzene rings is 2. The second-order valence-corrected chi connectivity index (χ2v) is 7.15. The normalized spacial score (nSPS) is 15.0. The van der Waals surface area contributed by atoms with Gasteiger partial charge >= 0.3 is 0 Å². The molecule has 0 saturated heterocycles. The lowest BCUT2D eigenvalue weighted by atomic mass is 10.0. The molecule has 1 aromatic heterocycles. The van der Waals surface area contributed by atoms with E-state index in [1.807, 2.05) is 12.1 Å². The number of amides is 1. The van der Waals surface area contributed by atoms with Crippen molar-refractivity contribution in [2.45, 2.75) is 19.8 Å². The van der Waals surface area contributed by atoms with Gasteiger partial charge in [0.15, 0.2) is 0 Å². The predicted molar refractivity (Wildman–Crippen MR) is 109 cm³/mol. The zero-order valence-electron chi connectivity index (χ0n) is 15.9. The highest BCUT2D eigenvalue weighted by Crippen LogP contribution is 2.24. The van der Waals surface area contributed by atoms with Crippen LogP contribution in [0.5, 0.6) is 0 Å². The van der Waals surface area contributed by atoms with Crippen molar-refractivity contribution in [2.24, 2.45) is 5.73 Å². The number of carbonyl (C=O) groups excluding carboxylic acids is 1. The first-order valence-electron chi connectivity index (χ1n) is 9.52. The van der Waals surface area contributed by atoms with Gasteiger partial charge in [-0.1, -0.05) is 25.1 Å². The van der Waals surface area contributed by atoms with Crippen LogP contribution in [-0.2, 0) is 11.2 Å². The number of carbonyl (C=O) groups is 1. The van der Waals surface area contributed by atoms with Crippen LogP contribution in [0.25, 0.3) is 22.2 Å². The van der Waals surface area contributed by atoms with Crippen molar-refractivity contribution in [3.8, 4) is 5.69 Å². The van der Waals surface area contributed by atoms with E-state index < -0.39 is 11.7 Å². The number of aromatic nitrogens is 2. The van der Waals surface area contributed by atoms with E-state index in [-0.39, 0.29) is 6.42 Å². The van der Waals surface area contributed by atoms with Gasteiger partial charge in [-0.05, 0) is 53.9 Å². The Morgan fingerprint density at radius 1 is 1.25 bits per heavy atom. The van der Waals surface area contributed by atoms with Crippen molar-refractivity contribution in [2.75, 3.05) is 19.6 Å². The van der Waals surface area contributed by atoms with Crippen molar-refractivity contribution in [3.63, 3.8) is 0 Å². The molecule has 5 nitrogen and oxygen atoms in total. The molecule has 3 aromatic rings. The molecule has 0 fully saturated rings. The van der Waals surface area contributed by atoms with Gasteiger partial charge in [0.05, 0.1) is 17.6 Å². The summed E-state index contributed by atoms with van der Waals surface area (Å²) in [6.45, 7) is 5.32. The number of nitrogens with two attached hydrogens (primary N) is 1. The van der Waals surface area contributed by atoms with Crippen molar-refractivity contribution in [3.05, 3.63) is 65.6 Å². The lowest BCUT2D eigenvalue weighted by molar-refractivity contribution is -0.117. The van der Waals surface area contributed by atoms with Gasteiger partial charge in [-0.15, -0.1) is 0 Å². The fourth-order valence-electron chi connectivity index (χ4n) is 3.74. The molecule has 0 radical (unpaired) electrons. The van der Waals surface area contributed by atoms with Crippen molar-refractivity contribution in [1.82, 2.24) is 14.7 Å². The van der Waals surface area contributed by atoms with Gasteiger partial charge in [-0.3, -0.25) is 9.69 Å². The molecule has 0 saturated carbocycles. The van der Waals surface area contributed by atoms with E-state index in [1.54, 1.807) is 10.9 Å². The molecule has 2 N–H and O–H groups in total. The minimum atomic E-state index is -0.507. The molecule has 0 spiro atoms. The number of hydrogen-bond donors (Lipinski definition) is 1. The summed E-state index contributed by atoms with van der Waals surface area (Å²) in [6, 6.07) is 11.0. The van der Waals surface area contributed by atoms with Crippen LogP contribution in [0.4, 0.5) is 4.39 Å². The monoisotopic (exact) mass is 378 g/mol. The van der Waals surface area contributed by atoms with Gasteiger partial charge in [-0.25, -0.2) is 9.07 Å². The molecule has 1 aliphatic rings. The second-order valence-electron chi connectivity index (χ2n) is 7.15. The lowest BCUT2D eigenvalue weighted by Gasteiger charge is -2.26. The van der Waals surface area contributed by atoms with E-state index in [9.17, 15) is 9.18 Å². The highest BCUT2D eigenvalue weighted by molar-refractivity contribution is 5.87. The van der Waals surface area contributed by atoms with Gasteiger partial charge in [0.2, 0.25) is 5.91 Å². The third-order valence-electron chi connectivity index (χ3n) is 5.20. The van der Waals surface area contributed by atoms with Crippen LogP contribution in [0.2, 0.25) is 0 Å². The summed E-state index contributed by atoms with van der Waals surface area (Å²) >= 11 is 0. The molecule has 2 aromatic carbocycles. The Bertz CT molecular complexity index is 1050. The zero-order chi connectivity index (χ0) is 19.7. The average molecular weight is 378 g/mol. The Hall–Kier alpha value is -2.99. The van der Waals surface area contributed by atoms with E-state index >= 15 is 0 Å². The summed E-state index contributed by atoms with van der Waals surface area (Å²) < 4.78 is 15.6. The first kappa shape index (κ1) is 18.4. The molecule has 28 heavy (non-hydrogen) atoms. The summed E-state index contributed by atoms with van der Waals surface area (Å²) in [5.74, 6) is -0.906. The standard InChI is InChI=1S/C22H23FN4O/c1-2-26-9-3-4-16(13-26)15-5-7-20(8-6-15)27-14-18-11-19(23)10-17(12-21(24)28)22(18)25-27/h4-8,10-11,14H,2-3,9,12-13H2,1H3,(H2,24,28). The summed E-state index contributed by atoms with van der Waals surface area (Å²) in [4.78, 5) is 13.7. The fourth-order valence-corrected chi connectivity index (χ4v) is 3.74. The van der Waals surface area contributed by atoms with Gasteiger partial charge in [0.25, 0.3) is 0 Å². The Labute approximate surface area is 163 Å². The summed E-state index contributed by atoms with van der Waals surface area (Å²) in [6.07, 6.45) is 5.12. The molecule has 4 rings (SSSR count). The Morgan fingerprint density at radius 3 is 2.75 bits per heavy atom. The topological polar surface area (TPSA) is 64.2 Å². The number of fused-ring (bicyclic) bond motifs is 1. The van der Waals surface area contributed by atoms with Crippen LogP contribution >= 0.6 is 0 Å². The molecular formula is C22H23FN4O. The zero-order valence-corrected chi connectivity index (χ0v) is 15.9. The van der Waals surface area contributed by atoms with Crippen molar-refractivity contribution >= 4 is 22.4 Å². The number of likely N-dealkylation sites (N-methyl/N-ethyl adjacent to an activating group) is 1. The number of primary amides is 1. The first-order chi connectivity index (χ1) is 13.5. The highest BCUT2D eigenvalue weighted by Gasteiger charge is 2.14. The van der Waals surface area contributed by atoms with Gasteiger partial charge in [0, 0.05) is 24.7 Å². The summed E-state index contributed by atoms with van der Waals surface area (Å²) in [5, 5.41) is 5.21. The maximum Gasteiger partial charge on any atom is 0.221 e. The van der Waals surface area contributed by atoms with Crippen LogP contribution in [0.3, 0.4) is 0 Å². The predicted octanol–water partition coefficient (Wildman–Crippen LogP) is 3.30. The van der Waals surface area contributed by atoms with E-state index in [2.05, 4.69) is 35.1 Å². The first-order valence-corrected chi connectivity index (χ1v) is 9.52. The Morgan fingerprint density at radius 2 is 2.04 bits per heavy atom. The Balaban J connectivity index is 1.65. The molecule has 0 bridgehead atoms. The third-order valence-corrected chi connectivity index (χ3v) is 5.20. The molecule has 0 atom stereocenters. The molecule has 144 valence electrons. The maximum absolute atomic E-state index is 13.9. The van der Waals surface area contributed by atoms with E-state index in [1.165, 1.54) is 23.3 Å². The van der Waals surface area contributed by atoms with E-state index in [0.717, 1.165) is 31.7 Å². The molecular weight excluding hydrogens is 355 g/mol. The maximum atomic E-state index is 13.9. The smallest absolute Gasteiger partial charge is 0.221 e. The third kappa shape index (κ3) is 3.68. The van der Waals surface area contributed by atoms with Crippen molar-refractivity contribution in [1.29, 1.82) is 0 Å². The number of rotatable bonds is 5. The van der Waals surface area contributed by atoms with E-state index in [4.69, 9.17) is 5.73 Å². The van der Waals surface area contributed by atoms with Gasteiger partial charge < -0.3 is 5.73 Å². The minimum Gasteiger partial charge on any atom is -0.369 e. The van der Waals surface area contributed by atoms with E-state index in [0.29, 0.717) is 16.5 Å². The fraction of sp³-hybridized carbons (Fsp3) is 0.273. The Kier molecular flexibility index (Phi) is 4.96. The molecule has 0 aliphatic carbocycles. The average Bonchev–Trinajstić information content (AvgIpc) is 3.12. The second kappa shape index (κ2) is 7.56. The largest absolute Gasteiger partial charge is 0.369 e. The lowest BCUT2D eigenvalue weighted by Crippen LogP contribution is -2.29. The molecule has 6 heteroatoms. The minimum absolute atomic E-state index is 0.0354. The number of nitrogens with zero attached hydrogens (tertiary/aromatic N) is 3. The summed E-state index contributed by atoms with van der Waals surface area (Å²) in [5.41, 5.74) is 9.82. The van der Waals surface area contributed by atoms with Crippen LogP contribution in [0, 0.1) is 5.82 Å². The van der Waals surface area contributed by atoms with Crippen molar-refractivity contribution < 1.29 is 9.18 Å². The molecule has 1 amide bonds. The van der Waals surface area contributed by atoms with Crippen LogP contribution in [0.1, 0.15) is 24.5 Å². The van der Waals surface area contributed by atoms with Gasteiger partial charge in [0.1, 0.15) is 5.82 Å². The summed E-state index contributed by atoms with van der Waals surface area (Å²) in [7, 11) is 0. The van der Waals surface area contributed by atoms with Crippen LogP contribution in [0.15, 0.2) is 48.7 Å². The SMILES string of the molecule is CCN1CCC=C(c2ccc(-n3cc4cc(F)cc(CC(N)=O)c4n3)cc2)C1. The quantitative estimate of drug-likeness (QED) is 0.741. The molecule has 0 unspecified atom stereocenters. The molecule has 1 aliphatic heterocycles. The van der Waals surface area contributed by atoms with Crippen LogP contribution in [-0.4, -0.2) is 40.2 Å². The number of halogens is 1. The highest BCUT2D eigenvalue weighted by atomic mass is 19.1.